The summed E-state index contributed by atoms with van der Waals surface area (Å²) < 4.78 is 39.1. The van der Waals surface area contributed by atoms with Crippen LogP contribution >= 0.6 is 0 Å². The molecule has 0 radical (unpaired) electrons. The summed E-state index contributed by atoms with van der Waals surface area (Å²) in [5.74, 6) is -0.391. The van der Waals surface area contributed by atoms with Gasteiger partial charge in [0.15, 0.2) is 5.69 Å². The number of hydrogen-bond donors (Lipinski definition) is 1. The van der Waals surface area contributed by atoms with E-state index < -0.39 is 17.8 Å². The molecule has 1 N–H and O–H groups in total. The zero-order valence-corrected chi connectivity index (χ0v) is 11.7. The van der Waals surface area contributed by atoms with E-state index in [4.69, 9.17) is 0 Å². The van der Waals surface area contributed by atoms with Crippen LogP contribution in [0.1, 0.15) is 35.4 Å². The van der Waals surface area contributed by atoms with E-state index in [1.165, 1.54) is 7.05 Å². The van der Waals surface area contributed by atoms with Crippen LogP contribution < -0.4 is 5.32 Å². The second-order valence-corrected chi connectivity index (χ2v) is 5.63. The van der Waals surface area contributed by atoms with E-state index in [2.05, 4.69) is 10.4 Å². The second kappa shape index (κ2) is 5.01. The molecule has 0 aliphatic carbocycles. The van der Waals surface area contributed by atoms with Gasteiger partial charge in [-0.15, -0.1) is 0 Å². The number of hydrogen-bond acceptors (Lipinski definition) is 3. The van der Waals surface area contributed by atoms with Crippen LogP contribution in [-0.4, -0.2) is 45.8 Å². The lowest BCUT2D eigenvalue weighted by atomic mass is 10.1. The van der Waals surface area contributed by atoms with Crippen LogP contribution in [0.4, 0.5) is 13.2 Å². The van der Waals surface area contributed by atoms with Crippen molar-refractivity contribution in [1.29, 1.82) is 0 Å². The van der Waals surface area contributed by atoms with Crippen LogP contribution in [-0.2, 0) is 13.2 Å². The lowest BCUT2D eigenvalue weighted by Crippen LogP contribution is -2.42. The monoisotopic (exact) mass is 302 g/mol. The maximum Gasteiger partial charge on any atom is 0.433 e. The van der Waals surface area contributed by atoms with Crippen molar-refractivity contribution in [3.8, 4) is 0 Å². The lowest BCUT2D eigenvalue weighted by molar-refractivity contribution is -0.143. The van der Waals surface area contributed by atoms with Gasteiger partial charge in [0.25, 0.3) is 5.91 Å². The molecule has 2 saturated heterocycles. The summed E-state index contributed by atoms with van der Waals surface area (Å²) in [7, 11) is 1.21. The molecule has 0 aromatic carbocycles. The standard InChI is InChI=1S/C13H17F3N4O/c1-19-11(13(14,15)16)6-10(18-19)12(21)20-8-2-3-9(20)7-17-5-4-8/h6,8-9,17H,2-5,7H2,1H3/t8-,9+/m0/s1. The Morgan fingerprint density at radius 2 is 2.05 bits per heavy atom. The number of aryl methyl sites for hydroxylation is 1. The Kier molecular flexibility index (Phi) is 3.43. The second-order valence-electron chi connectivity index (χ2n) is 5.63. The molecule has 8 heteroatoms. The Morgan fingerprint density at radius 3 is 2.71 bits per heavy atom. The number of rotatable bonds is 1. The van der Waals surface area contributed by atoms with Gasteiger partial charge in [-0.05, 0) is 25.8 Å². The van der Waals surface area contributed by atoms with Crippen molar-refractivity contribution < 1.29 is 18.0 Å². The highest BCUT2D eigenvalue weighted by Gasteiger charge is 2.41. The van der Waals surface area contributed by atoms with Gasteiger partial charge in [0.05, 0.1) is 0 Å². The van der Waals surface area contributed by atoms with E-state index in [-0.39, 0.29) is 17.8 Å². The van der Waals surface area contributed by atoms with Crippen LogP contribution in [0.2, 0.25) is 0 Å². The molecule has 1 aromatic heterocycles. The molecule has 21 heavy (non-hydrogen) atoms. The third-order valence-electron chi connectivity index (χ3n) is 4.28. The average molecular weight is 302 g/mol. The van der Waals surface area contributed by atoms with Crippen LogP contribution in [0.15, 0.2) is 6.07 Å². The minimum atomic E-state index is -4.50. The maximum atomic E-state index is 12.8. The van der Waals surface area contributed by atoms with E-state index in [0.717, 1.165) is 36.6 Å². The van der Waals surface area contributed by atoms with Crippen LogP contribution in [0.3, 0.4) is 0 Å². The SMILES string of the molecule is Cn1nc(C(=O)N2[C@@H]3CCNC[C@H]2CC3)cc1C(F)(F)F. The largest absolute Gasteiger partial charge is 0.433 e. The van der Waals surface area contributed by atoms with Gasteiger partial charge in [-0.3, -0.25) is 9.48 Å². The van der Waals surface area contributed by atoms with Gasteiger partial charge in [-0.2, -0.15) is 18.3 Å². The summed E-state index contributed by atoms with van der Waals surface area (Å²) in [6.45, 7) is 1.53. The Bertz CT molecular complexity index is 540. The molecule has 1 aromatic rings. The highest BCUT2D eigenvalue weighted by Crippen LogP contribution is 2.32. The molecule has 3 rings (SSSR count). The van der Waals surface area contributed by atoms with E-state index >= 15 is 0 Å². The molecule has 1 amide bonds. The summed E-state index contributed by atoms with van der Waals surface area (Å²) in [6.07, 6.45) is -1.86. The number of alkyl halides is 3. The lowest BCUT2D eigenvalue weighted by Gasteiger charge is -2.26. The summed E-state index contributed by atoms with van der Waals surface area (Å²) in [4.78, 5) is 14.3. The molecule has 2 aliphatic rings. The van der Waals surface area contributed by atoms with Crippen molar-refractivity contribution in [3.05, 3.63) is 17.5 Å². The molecule has 0 unspecified atom stereocenters. The van der Waals surface area contributed by atoms with Gasteiger partial charge < -0.3 is 10.2 Å². The van der Waals surface area contributed by atoms with E-state index in [9.17, 15) is 18.0 Å². The first-order valence-electron chi connectivity index (χ1n) is 7.02. The van der Waals surface area contributed by atoms with E-state index in [1.807, 2.05) is 0 Å². The Balaban J connectivity index is 1.89. The minimum Gasteiger partial charge on any atom is -0.330 e. The molecule has 2 bridgehead atoms. The molecule has 3 heterocycles. The molecule has 0 spiro atoms. The molecule has 5 nitrogen and oxygen atoms in total. The maximum absolute atomic E-state index is 12.8. The van der Waals surface area contributed by atoms with Crippen molar-refractivity contribution in [2.75, 3.05) is 13.1 Å². The fraction of sp³-hybridized carbons (Fsp3) is 0.692. The number of nitrogens with one attached hydrogen (secondary N) is 1. The molecule has 2 fully saturated rings. The molecule has 2 atom stereocenters. The molecule has 116 valence electrons. The number of aromatic nitrogens is 2. The first-order chi connectivity index (χ1) is 9.88. The Hall–Kier alpha value is -1.57. The van der Waals surface area contributed by atoms with Crippen molar-refractivity contribution in [1.82, 2.24) is 20.0 Å². The number of carbonyl (C=O) groups excluding carboxylic acids is 1. The van der Waals surface area contributed by atoms with Crippen LogP contribution in [0, 0.1) is 0 Å². The topological polar surface area (TPSA) is 50.2 Å². The van der Waals surface area contributed by atoms with Gasteiger partial charge in [-0.1, -0.05) is 0 Å². The summed E-state index contributed by atoms with van der Waals surface area (Å²) in [5.41, 5.74) is -1.02. The number of halogens is 3. The summed E-state index contributed by atoms with van der Waals surface area (Å²) >= 11 is 0. The zero-order chi connectivity index (χ0) is 15.2. The molecule has 0 saturated carbocycles. The minimum absolute atomic E-state index is 0.0568. The summed E-state index contributed by atoms with van der Waals surface area (Å²) in [5, 5.41) is 7.02. The third kappa shape index (κ3) is 2.52. The predicted octanol–water partition coefficient (Wildman–Crippen LogP) is 1.41. The van der Waals surface area contributed by atoms with Gasteiger partial charge in [0, 0.05) is 31.7 Å². The number of amides is 1. The average Bonchev–Trinajstić information content (AvgIpc) is 2.87. The zero-order valence-electron chi connectivity index (χ0n) is 11.7. The number of carbonyl (C=O) groups is 1. The third-order valence-corrected chi connectivity index (χ3v) is 4.28. The highest BCUT2D eigenvalue weighted by atomic mass is 19.4. The van der Waals surface area contributed by atoms with Crippen LogP contribution in [0.5, 0.6) is 0 Å². The molecular formula is C13H17F3N4O. The Labute approximate surface area is 120 Å². The Morgan fingerprint density at radius 1 is 1.33 bits per heavy atom. The summed E-state index contributed by atoms with van der Waals surface area (Å²) in [6, 6.07) is 1.01. The smallest absolute Gasteiger partial charge is 0.330 e. The quantitative estimate of drug-likeness (QED) is 0.853. The van der Waals surface area contributed by atoms with E-state index in [0.29, 0.717) is 6.54 Å². The van der Waals surface area contributed by atoms with Gasteiger partial charge in [0.1, 0.15) is 5.69 Å². The molecular weight excluding hydrogens is 285 g/mol. The number of nitrogens with zero attached hydrogens (tertiary/aromatic N) is 3. The van der Waals surface area contributed by atoms with Gasteiger partial charge in [-0.25, -0.2) is 0 Å². The highest BCUT2D eigenvalue weighted by molar-refractivity contribution is 5.93. The van der Waals surface area contributed by atoms with Crippen molar-refractivity contribution >= 4 is 5.91 Å². The van der Waals surface area contributed by atoms with E-state index in [1.54, 1.807) is 4.90 Å². The first kappa shape index (κ1) is 14.4. The van der Waals surface area contributed by atoms with Gasteiger partial charge >= 0.3 is 6.18 Å². The van der Waals surface area contributed by atoms with Crippen molar-refractivity contribution in [2.45, 2.75) is 37.5 Å². The predicted molar refractivity (Wildman–Crippen MR) is 68.7 cm³/mol. The van der Waals surface area contributed by atoms with Crippen LogP contribution in [0.25, 0.3) is 0 Å². The van der Waals surface area contributed by atoms with Gasteiger partial charge in [0.2, 0.25) is 0 Å². The fourth-order valence-corrected chi connectivity index (χ4v) is 3.28. The van der Waals surface area contributed by atoms with Crippen molar-refractivity contribution in [2.24, 2.45) is 7.05 Å². The van der Waals surface area contributed by atoms with Crippen molar-refractivity contribution in [3.63, 3.8) is 0 Å². The normalized spacial score (nSPS) is 26.0. The fourth-order valence-electron chi connectivity index (χ4n) is 3.28. The first-order valence-corrected chi connectivity index (χ1v) is 7.02. The number of fused-ring (bicyclic) bond motifs is 2. The molecule has 2 aliphatic heterocycles.